The van der Waals surface area contributed by atoms with Gasteiger partial charge in [0.05, 0.1) is 12.4 Å². The lowest BCUT2D eigenvalue weighted by Crippen LogP contribution is -2.81. The summed E-state index contributed by atoms with van der Waals surface area (Å²) in [5, 5.41) is 6.95. The number of hydrogen-bond donors (Lipinski definition) is 0. The maximum atomic E-state index is 15.4. The number of rotatable bonds is 6. The number of nitrogens with zero attached hydrogens (tertiary/aromatic N) is 2. The second-order valence-electron chi connectivity index (χ2n) is 14.8. The zero-order valence-corrected chi connectivity index (χ0v) is 33.6. The van der Waals surface area contributed by atoms with Gasteiger partial charge < -0.3 is 0 Å². The van der Waals surface area contributed by atoms with Gasteiger partial charge in [-0.15, -0.1) is 21.9 Å². The van der Waals surface area contributed by atoms with Crippen molar-refractivity contribution in [2.75, 3.05) is 0 Å². The van der Waals surface area contributed by atoms with Crippen LogP contribution in [-0.4, -0.2) is 11.1 Å². The van der Waals surface area contributed by atoms with Crippen molar-refractivity contribution in [2.24, 2.45) is 0 Å². The van der Waals surface area contributed by atoms with Crippen LogP contribution in [0.5, 0.6) is 5.75 Å². The van der Waals surface area contributed by atoms with E-state index in [1.165, 1.54) is 16.2 Å². The van der Waals surface area contributed by atoms with Crippen molar-refractivity contribution in [1.29, 1.82) is 0 Å². The van der Waals surface area contributed by atoms with E-state index in [4.69, 9.17) is 4.84 Å². The minimum Gasteiger partial charge on any atom is -0.252 e. The first-order chi connectivity index (χ1) is 33.1. The largest absolute Gasteiger partial charge is 0.252 e. The quantitative estimate of drug-likeness (QED) is 0.0414. The van der Waals surface area contributed by atoms with Gasteiger partial charge in [-0.2, -0.15) is 0 Å². The standard InChI is InChI=1S/C24BF20.C22H15N2O/c26-5-1(6(27)14(35)21(42)13(5)34)25(2-7(28)15(36)22(43)16(37)8(2)29,3-9(30)17(38)23(44)18(39)10(3)31)4-11(32)19(40)24(45)20(41)12(4)33;1-2-6-17-15-21-19(13-16(17)5-1)14-18-7-3-4-8-20(18)22(21)25-24-11-9-23-10-12-24/h;1-15H/q-1;+1. The normalized spacial score (nSPS) is 11.7. The van der Waals surface area contributed by atoms with Gasteiger partial charge in [0.2, 0.25) is 18.1 Å². The Kier molecular flexibility index (Phi) is 12.4. The molecule has 70 heavy (non-hydrogen) atoms. The Balaban J connectivity index is 0.000000219. The lowest BCUT2D eigenvalue weighted by Gasteiger charge is -2.44. The Labute approximate surface area is 375 Å². The van der Waals surface area contributed by atoms with Gasteiger partial charge in [0, 0.05) is 15.5 Å². The smallest absolute Gasteiger partial charge is 0.241 e. The average Bonchev–Trinajstić information content (AvgIpc) is 3.36. The van der Waals surface area contributed by atoms with Crippen LogP contribution in [0, 0.1) is 116 Å². The topological polar surface area (TPSA) is 26.0 Å². The molecule has 0 aliphatic rings. The van der Waals surface area contributed by atoms with Gasteiger partial charge in [0.1, 0.15) is 52.7 Å². The summed E-state index contributed by atoms with van der Waals surface area (Å²) in [4.78, 5) is 10.3. The van der Waals surface area contributed by atoms with E-state index in [2.05, 4.69) is 65.6 Å². The molecule has 0 saturated carbocycles. The van der Waals surface area contributed by atoms with Crippen molar-refractivity contribution < 1.29 is 97.4 Å². The summed E-state index contributed by atoms with van der Waals surface area (Å²) in [6.07, 6.45) is -0.194. The molecule has 9 aromatic rings. The van der Waals surface area contributed by atoms with E-state index in [-0.39, 0.29) is 0 Å². The van der Waals surface area contributed by atoms with Crippen LogP contribution < -0.4 is 31.4 Å². The van der Waals surface area contributed by atoms with Crippen molar-refractivity contribution in [3.63, 3.8) is 0 Å². The minimum atomic E-state index is -7.22. The third-order valence-electron chi connectivity index (χ3n) is 11.2. The Bertz CT molecular complexity index is 3270. The van der Waals surface area contributed by atoms with Crippen molar-refractivity contribution >= 4 is 60.3 Å². The molecule has 0 spiro atoms. The number of hydrogen-bond acceptors (Lipinski definition) is 2. The molecule has 0 N–H and O–H groups in total. The zero-order chi connectivity index (χ0) is 51.0. The lowest BCUT2D eigenvalue weighted by atomic mass is 9.12. The van der Waals surface area contributed by atoms with E-state index < -0.39 is 144 Å². The zero-order valence-electron chi connectivity index (χ0n) is 33.6. The molecule has 0 fully saturated rings. The van der Waals surface area contributed by atoms with Gasteiger partial charge in [0.25, 0.3) is 0 Å². The molecule has 358 valence electrons. The number of fused-ring (bicyclic) bond motifs is 3. The highest BCUT2D eigenvalue weighted by molar-refractivity contribution is 7.20. The highest BCUT2D eigenvalue weighted by Gasteiger charge is 2.52. The summed E-state index contributed by atoms with van der Waals surface area (Å²) in [5.74, 6) is -70.5. The van der Waals surface area contributed by atoms with E-state index >= 15 is 35.1 Å². The Morgan fingerprint density at radius 1 is 0.314 bits per heavy atom. The molecular formula is C46H15BF20N2O. The molecule has 8 aromatic carbocycles. The highest BCUT2D eigenvalue weighted by Crippen LogP contribution is 2.37. The fourth-order valence-electron chi connectivity index (χ4n) is 8.16. The predicted octanol–water partition coefficient (Wildman–Crippen LogP) is 10.5. The minimum absolute atomic E-state index is 0.857. The van der Waals surface area contributed by atoms with E-state index in [9.17, 15) is 52.7 Å². The molecule has 0 saturated heterocycles. The number of aromatic nitrogens is 2. The lowest BCUT2D eigenvalue weighted by molar-refractivity contribution is -0.874. The van der Waals surface area contributed by atoms with Gasteiger partial charge in [-0.05, 0) is 39.7 Å². The number of halogens is 20. The Hall–Kier alpha value is -7.92. The molecule has 24 heteroatoms. The molecule has 0 aliphatic heterocycles. The molecule has 3 nitrogen and oxygen atoms in total. The first kappa shape index (κ1) is 48.5. The molecule has 0 aliphatic carbocycles. The summed E-state index contributed by atoms with van der Waals surface area (Å²) in [7, 11) is 0. The molecule has 0 unspecified atom stereocenters. The van der Waals surface area contributed by atoms with Crippen LogP contribution >= 0.6 is 0 Å². The van der Waals surface area contributed by atoms with E-state index in [0.717, 1.165) is 21.9 Å². The number of benzene rings is 8. The summed E-state index contributed by atoms with van der Waals surface area (Å²) in [6, 6.07) is 23.4. The molecule has 0 radical (unpaired) electrons. The van der Waals surface area contributed by atoms with Crippen LogP contribution in [0.15, 0.2) is 91.5 Å². The second-order valence-corrected chi connectivity index (χ2v) is 14.8. The van der Waals surface area contributed by atoms with Crippen LogP contribution in [0.3, 0.4) is 0 Å². The first-order valence-corrected chi connectivity index (χ1v) is 19.2. The second kappa shape index (κ2) is 17.9. The summed E-state index contributed by atoms with van der Waals surface area (Å²) in [5.41, 5.74) is -14.3. The first-order valence-electron chi connectivity index (χ1n) is 19.2. The van der Waals surface area contributed by atoms with Crippen molar-refractivity contribution in [1.82, 2.24) is 4.98 Å². The molecule has 0 bridgehead atoms. The molecule has 1 aromatic heterocycles. The summed E-state index contributed by atoms with van der Waals surface area (Å²) >= 11 is 0. The van der Waals surface area contributed by atoms with Gasteiger partial charge in [-0.3, -0.25) is 4.98 Å². The molecule has 9 rings (SSSR count). The van der Waals surface area contributed by atoms with E-state index in [1.807, 2.05) is 6.07 Å². The maximum absolute atomic E-state index is 15.4. The summed E-state index contributed by atoms with van der Waals surface area (Å²) < 4.78 is 296. The third-order valence-corrected chi connectivity index (χ3v) is 11.2. The van der Waals surface area contributed by atoms with Gasteiger partial charge >= 0.3 is 0 Å². The molecule has 1 heterocycles. The van der Waals surface area contributed by atoms with E-state index in [1.54, 1.807) is 29.5 Å². The van der Waals surface area contributed by atoms with Gasteiger partial charge in [-0.25, -0.2) is 92.6 Å². The van der Waals surface area contributed by atoms with Crippen LogP contribution in [0.1, 0.15) is 0 Å². The van der Waals surface area contributed by atoms with Crippen LogP contribution in [0.25, 0.3) is 32.3 Å². The Morgan fingerprint density at radius 2 is 0.600 bits per heavy atom. The van der Waals surface area contributed by atoms with Crippen LogP contribution in [0.2, 0.25) is 0 Å². The maximum Gasteiger partial charge on any atom is 0.241 e. The van der Waals surface area contributed by atoms with E-state index in [0.29, 0.717) is 0 Å². The molecule has 0 atom stereocenters. The monoisotopic (exact) mass is 1000 g/mol. The average molecular weight is 1000 g/mol. The van der Waals surface area contributed by atoms with Crippen molar-refractivity contribution in [3.05, 3.63) is 208 Å². The highest BCUT2D eigenvalue weighted by atomic mass is 19.2. The fraction of sp³-hybridized carbons (Fsp3) is 0. The van der Waals surface area contributed by atoms with Crippen molar-refractivity contribution in [2.45, 2.75) is 0 Å². The molecule has 0 amide bonds. The predicted molar refractivity (Wildman–Crippen MR) is 209 cm³/mol. The van der Waals surface area contributed by atoms with Gasteiger partial charge in [-0.1, -0.05) is 48.5 Å². The summed E-state index contributed by atoms with van der Waals surface area (Å²) in [6.45, 7) is 0. The third kappa shape index (κ3) is 7.25. The molecular weight excluding hydrogens is 987 g/mol. The fourth-order valence-corrected chi connectivity index (χ4v) is 8.16. The van der Waals surface area contributed by atoms with Crippen molar-refractivity contribution in [3.8, 4) is 5.75 Å². The van der Waals surface area contributed by atoms with Crippen LogP contribution in [-0.2, 0) is 0 Å². The Morgan fingerprint density at radius 3 is 0.957 bits per heavy atom. The van der Waals surface area contributed by atoms with Crippen LogP contribution in [0.4, 0.5) is 87.8 Å². The van der Waals surface area contributed by atoms with Gasteiger partial charge in [0.15, 0.2) is 69.8 Å². The SMILES string of the molecule is Fc1c(F)c(F)c([B-](c2c(F)c(F)c(F)c(F)c2F)(c2c(F)c(F)c(F)c(F)c2F)c2c(F)c(F)c(F)c(F)c2F)c(F)c1F.c1ccc2cc3c(O[n+]4ccncc4)c4ccccc4cc3cc2c1.